The lowest BCUT2D eigenvalue weighted by Gasteiger charge is -2.35. The minimum absolute atomic E-state index is 0.0673. The van der Waals surface area contributed by atoms with Crippen LogP contribution in [0.15, 0.2) is 30.3 Å². The molecule has 1 aromatic carbocycles. The Morgan fingerprint density at radius 3 is 2.35 bits per heavy atom. The van der Waals surface area contributed by atoms with Crippen LogP contribution in [0, 0.1) is 5.92 Å². The molecule has 0 unspecified atom stereocenters. The fraction of sp³-hybridized carbons (Fsp3) is 0.500. The molecule has 7 heteroatoms. The second kappa shape index (κ2) is 8.91. The first-order valence-corrected chi connectivity index (χ1v) is 12.1. The van der Waals surface area contributed by atoms with Gasteiger partial charge >= 0.3 is 0 Å². The molecule has 2 saturated heterocycles. The summed E-state index contributed by atoms with van der Waals surface area (Å²) in [7, 11) is 0. The third-order valence-electron chi connectivity index (χ3n) is 6.44. The summed E-state index contributed by atoms with van der Waals surface area (Å²) in [6.45, 7) is 4.23. The Labute approximate surface area is 186 Å². The van der Waals surface area contributed by atoms with Gasteiger partial charge in [0.25, 0.3) is 5.91 Å². The number of piperidine rings is 2. The predicted octanol–water partition coefficient (Wildman–Crippen LogP) is 4.05. The van der Waals surface area contributed by atoms with Gasteiger partial charge in [0.1, 0.15) is 13.2 Å². The molecule has 4 heterocycles. The van der Waals surface area contributed by atoms with Crippen molar-refractivity contribution in [3.05, 3.63) is 35.2 Å². The molecule has 3 aliphatic rings. The summed E-state index contributed by atoms with van der Waals surface area (Å²) in [6, 6.07) is 9.81. The monoisotopic (exact) mass is 440 g/mol. The van der Waals surface area contributed by atoms with Crippen molar-refractivity contribution < 1.29 is 19.1 Å². The van der Waals surface area contributed by atoms with E-state index in [0.717, 1.165) is 65.6 Å². The smallest absolute Gasteiger partial charge is 0.263 e. The summed E-state index contributed by atoms with van der Waals surface area (Å²) in [5, 5.41) is 0. The molecule has 0 N–H and O–H groups in total. The number of benzene rings is 1. The molecule has 0 spiro atoms. The van der Waals surface area contributed by atoms with Gasteiger partial charge in [-0.2, -0.15) is 0 Å². The van der Waals surface area contributed by atoms with Gasteiger partial charge in [0.15, 0.2) is 11.5 Å². The van der Waals surface area contributed by atoms with Crippen molar-refractivity contribution in [2.24, 2.45) is 5.92 Å². The summed E-state index contributed by atoms with van der Waals surface area (Å²) in [5.41, 5.74) is 1.03. The molecule has 164 valence electrons. The molecule has 0 atom stereocenters. The number of carbonyl (C=O) groups is 2. The highest BCUT2D eigenvalue weighted by atomic mass is 32.1. The summed E-state index contributed by atoms with van der Waals surface area (Å²) in [5.74, 6) is 1.95. The third kappa shape index (κ3) is 4.28. The van der Waals surface area contributed by atoms with E-state index in [0.29, 0.717) is 32.2 Å². The van der Waals surface area contributed by atoms with Crippen LogP contribution in [-0.4, -0.2) is 61.0 Å². The van der Waals surface area contributed by atoms with Gasteiger partial charge in [0.05, 0.1) is 4.88 Å². The highest BCUT2D eigenvalue weighted by Gasteiger charge is 2.31. The zero-order valence-electron chi connectivity index (χ0n) is 17.7. The molecule has 5 rings (SSSR count). The molecule has 1 aromatic heterocycles. The number of thiophene rings is 1. The molecular formula is C24H28N2O4S. The first-order chi connectivity index (χ1) is 15.2. The second-order valence-electron chi connectivity index (χ2n) is 8.47. The van der Waals surface area contributed by atoms with Gasteiger partial charge in [-0.25, -0.2) is 0 Å². The minimum atomic E-state index is 0.0673. The number of hydrogen-bond acceptors (Lipinski definition) is 5. The standard InChI is InChI=1S/C24H28N2O4S/c27-23(25-10-2-1-3-11-25)17-8-12-26(13-9-17)24(28)22-7-6-21(31-22)18-4-5-19-20(16-18)30-15-14-29-19/h4-7,16-17H,1-3,8-15H2. The Hall–Kier alpha value is -2.54. The molecule has 0 radical (unpaired) electrons. The number of hydrogen-bond donors (Lipinski definition) is 0. The van der Waals surface area contributed by atoms with Crippen LogP contribution in [0.3, 0.4) is 0 Å². The van der Waals surface area contributed by atoms with Crippen LogP contribution in [0.2, 0.25) is 0 Å². The lowest BCUT2D eigenvalue weighted by atomic mass is 9.94. The van der Waals surface area contributed by atoms with E-state index in [1.807, 2.05) is 40.1 Å². The van der Waals surface area contributed by atoms with Gasteiger partial charge in [-0.1, -0.05) is 0 Å². The van der Waals surface area contributed by atoms with E-state index < -0.39 is 0 Å². The number of ether oxygens (including phenoxy) is 2. The van der Waals surface area contributed by atoms with Crippen LogP contribution in [0.1, 0.15) is 41.8 Å². The summed E-state index contributed by atoms with van der Waals surface area (Å²) < 4.78 is 11.3. The van der Waals surface area contributed by atoms with Crippen molar-refractivity contribution >= 4 is 23.2 Å². The lowest BCUT2D eigenvalue weighted by Crippen LogP contribution is -2.45. The average molecular weight is 441 g/mol. The summed E-state index contributed by atoms with van der Waals surface area (Å²) >= 11 is 1.51. The first-order valence-electron chi connectivity index (χ1n) is 11.3. The van der Waals surface area contributed by atoms with E-state index >= 15 is 0 Å². The molecule has 0 bridgehead atoms. The Morgan fingerprint density at radius 1 is 0.839 bits per heavy atom. The minimum Gasteiger partial charge on any atom is -0.486 e. The van der Waals surface area contributed by atoms with Crippen LogP contribution in [-0.2, 0) is 4.79 Å². The quantitative estimate of drug-likeness (QED) is 0.723. The fourth-order valence-electron chi connectivity index (χ4n) is 4.66. The number of carbonyl (C=O) groups excluding carboxylic acids is 2. The Balaban J connectivity index is 1.21. The third-order valence-corrected chi connectivity index (χ3v) is 7.56. The number of fused-ring (bicyclic) bond motifs is 1. The van der Waals surface area contributed by atoms with E-state index in [9.17, 15) is 9.59 Å². The topological polar surface area (TPSA) is 59.1 Å². The van der Waals surface area contributed by atoms with Crippen molar-refractivity contribution in [2.75, 3.05) is 39.4 Å². The van der Waals surface area contributed by atoms with Crippen molar-refractivity contribution in [1.82, 2.24) is 9.80 Å². The normalized spacial score (nSPS) is 19.4. The number of rotatable bonds is 3. The molecule has 2 amide bonds. The average Bonchev–Trinajstić information content (AvgIpc) is 3.34. The number of amides is 2. The predicted molar refractivity (Wildman–Crippen MR) is 120 cm³/mol. The van der Waals surface area contributed by atoms with Crippen LogP contribution >= 0.6 is 11.3 Å². The SMILES string of the molecule is O=C(c1ccc(-c2ccc3c(c2)OCCO3)s1)N1CCC(C(=O)N2CCCCC2)CC1. The molecule has 3 aliphatic heterocycles. The van der Waals surface area contributed by atoms with E-state index in [4.69, 9.17) is 9.47 Å². The maximum Gasteiger partial charge on any atom is 0.263 e. The van der Waals surface area contributed by atoms with Crippen molar-refractivity contribution in [3.63, 3.8) is 0 Å². The molecule has 0 saturated carbocycles. The van der Waals surface area contributed by atoms with Gasteiger partial charge in [-0.3, -0.25) is 9.59 Å². The number of nitrogens with zero attached hydrogens (tertiary/aromatic N) is 2. The van der Waals surface area contributed by atoms with Gasteiger partial charge < -0.3 is 19.3 Å². The van der Waals surface area contributed by atoms with Gasteiger partial charge in [-0.15, -0.1) is 11.3 Å². The molecule has 31 heavy (non-hydrogen) atoms. The fourth-order valence-corrected chi connectivity index (χ4v) is 5.63. The molecule has 2 aromatic rings. The van der Waals surface area contributed by atoms with Crippen LogP contribution < -0.4 is 9.47 Å². The van der Waals surface area contributed by atoms with Gasteiger partial charge in [0, 0.05) is 37.0 Å². The van der Waals surface area contributed by atoms with Crippen LogP contribution in [0.4, 0.5) is 0 Å². The van der Waals surface area contributed by atoms with Gasteiger partial charge in [-0.05, 0) is 68.0 Å². The van der Waals surface area contributed by atoms with Gasteiger partial charge in [0.2, 0.25) is 5.91 Å². The Morgan fingerprint density at radius 2 is 1.58 bits per heavy atom. The Bertz CT molecular complexity index is 958. The van der Waals surface area contributed by atoms with Crippen molar-refractivity contribution in [2.45, 2.75) is 32.1 Å². The van der Waals surface area contributed by atoms with E-state index in [1.54, 1.807) is 0 Å². The maximum absolute atomic E-state index is 13.1. The van der Waals surface area contributed by atoms with Crippen LogP contribution in [0.25, 0.3) is 10.4 Å². The molecule has 2 fully saturated rings. The van der Waals surface area contributed by atoms with Crippen molar-refractivity contribution in [3.8, 4) is 21.9 Å². The zero-order chi connectivity index (χ0) is 21.2. The highest BCUT2D eigenvalue weighted by Crippen LogP contribution is 2.37. The molecule has 6 nitrogen and oxygen atoms in total. The maximum atomic E-state index is 13.1. The van der Waals surface area contributed by atoms with Crippen LogP contribution in [0.5, 0.6) is 11.5 Å². The first kappa shape index (κ1) is 20.4. The molecular weight excluding hydrogens is 412 g/mol. The molecule has 0 aliphatic carbocycles. The second-order valence-corrected chi connectivity index (χ2v) is 9.56. The van der Waals surface area contributed by atoms with E-state index in [2.05, 4.69) is 0 Å². The lowest BCUT2D eigenvalue weighted by molar-refractivity contribution is -0.137. The Kier molecular flexibility index (Phi) is 5.85. The number of likely N-dealkylation sites (tertiary alicyclic amines) is 2. The largest absolute Gasteiger partial charge is 0.486 e. The van der Waals surface area contributed by atoms with E-state index in [-0.39, 0.29) is 11.8 Å². The zero-order valence-corrected chi connectivity index (χ0v) is 18.5. The van der Waals surface area contributed by atoms with Crippen molar-refractivity contribution in [1.29, 1.82) is 0 Å². The summed E-state index contributed by atoms with van der Waals surface area (Å²) in [4.78, 5) is 31.5. The summed E-state index contributed by atoms with van der Waals surface area (Å²) in [6.07, 6.45) is 5.00. The van der Waals surface area contributed by atoms with E-state index in [1.165, 1.54) is 17.8 Å². The highest BCUT2D eigenvalue weighted by molar-refractivity contribution is 7.17.